The number of rotatable bonds is 5. The van der Waals surface area contributed by atoms with Crippen molar-refractivity contribution in [3.8, 4) is 0 Å². The van der Waals surface area contributed by atoms with Gasteiger partial charge in [0.25, 0.3) is 0 Å². The highest BCUT2D eigenvalue weighted by atomic mass is 16.5. The zero-order valence-corrected chi connectivity index (χ0v) is 9.92. The number of nitrogens with two attached hydrogens (primary N) is 1. The fraction of sp³-hybridized carbons (Fsp3) is 1.00. The summed E-state index contributed by atoms with van der Waals surface area (Å²) in [5.74, 6) is 0. The van der Waals surface area contributed by atoms with Gasteiger partial charge in [-0.05, 0) is 40.7 Å². The SMILES string of the molecule is CCOC1CC(CN)(N(C)C(C)C)C1. The minimum atomic E-state index is 0.202. The molecule has 0 heterocycles. The van der Waals surface area contributed by atoms with Gasteiger partial charge >= 0.3 is 0 Å². The molecule has 0 aliphatic heterocycles. The van der Waals surface area contributed by atoms with Gasteiger partial charge in [-0.1, -0.05) is 0 Å². The maximum absolute atomic E-state index is 5.87. The average Bonchev–Trinajstić information content (AvgIpc) is 2.09. The molecule has 0 aromatic rings. The van der Waals surface area contributed by atoms with Crippen LogP contribution in [-0.4, -0.2) is 42.8 Å². The van der Waals surface area contributed by atoms with E-state index >= 15 is 0 Å². The second-order valence-electron chi connectivity index (χ2n) is 4.62. The van der Waals surface area contributed by atoms with Gasteiger partial charge in [0.15, 0.2) is 0 Å². The molecule has 0 radical (unpaired) electrons. The lowest BCUT2D eigenvalue weighted by molar-refractivity contribution is -0.100. The molecule has 0 atom stereocenters. The van der Waals surface area contributed by atoms with Crippen LogP contribution in [0.5, 0.6) is 0 Å². The van der Waals surface area contributed by atoms with Crippen molar-refractivity contribution in [2.75, 3.05) is 20.2 Å². The van der Waals surface area contributed by atoms with E-state index in [4.69, 9.17) is 10.5 Å². The van der Waals surface area contributed by atoms with Gasteiger partial charge in [-0.15, -0.1) is 0 Å². The van der Waals surface area contributed by atoms with Gasteiger partial charge in [-0.3, -0.25) is 4.90 Å². The van der Waals surface area contributed by atoms with Gasteiger partial charge in [0.1, 0.15) is 0 Å². The van der Waals surface area contributed by atoms with Crippen molar-refractivity contribution in [3.05, 3.63) is 0 Å². The predicted octanol–water partition coefficient (Wildman–Crippen LogP) is 1.22. The van der Waals surface area contributed by atoms with Gasteiger partial charge < -0.3 is 10.5 Å². The third-order valence-corrected chi connectivity index (χ3v) is 3.52. The fourth-order valence-electron chi connectivity index (χ4n) is 2.29. The monoisotopic (exact) mass is 200 g/mol. The van der Waals surface area contributed by atoms with Crippen LogP contribution in [0, 0.1) is 0 Å². The van der Waals surface area contributed by atoms with Gasteiger partial charge in [0, 0.05) is 24.7 Å². The molecule has 0 spiro atoms. The third kappa shape index (κ3) is 2.10. The number of hydrogen-bond acceptors (Lipinski definition) is 3. The lowest BCUT2D eigenvalue weighted by Gasteiger charge is -2.53. The molecule has 1 aliphatic carbocycles. The Morgan fingerprint density at radius 3 is 2.43 bits per heavy atom. The summed E-state index contributed by atoms with van der Waals surface area (Å²) < 4.78 is 5.58. The van der Waals surface area contributed by atoms with E-state index in [0.717, 1.165) is 26.0 Å². The number of ether oxygens (including phenoxy) is 1. The van der Waals surface area contributed by atoms with Gasteiger partial charge in [-0.25, -0.2) is 0 Å². The Kier molecular flexibility index (Phi) is 3.93. The Labute approximate surface area is 87.6 Å². The minimum Gasteiger partial charge on any atom is -0.378 e. The lowest BCUT2D eigenvalue weighted by Crippen LogP contribution is -2.64. The summed E-state index contributed by atoms with van der Waals surface area (Å²) in [6.07, 6.45) is 2.61. The van der Waals surface area contributed by atoms with Crippen molar-refractivity contribution in [3.63, 3.8) is 0 Å². The summed E-state index contributed by atoms with van der Waals surface area (Å²) in [6.45, 7) is 8.04. The molecule has 0 unspecified atom stereocenters. The molecular formula is C11H24N2O. The maximum atomic E-state index is 5.87. The van der Waals surface area contributed by atoms with Crippen LogP contribution in [-0.2, 0) is 4.74 Å². The first kappa shape index (κ1) is 12.0. The average molecular weight is 200 g/mol. The second-order valence-corrected chi connectivity index (χ2v) is 4.62. The van der Waals surface area contributed by atoms with Crippen LogP contribution >= 0.6 is 0 Å². The van der Waals surface area contributed by atoms with E-state index in [1.165, 1.54) is 0 Å². The molecule has 0 aromatic carbocycles. The number of hydrogen-bond donors (Lipinski definition) is 1. The van der Waals surface area contributed by atoms with Crippen LogP contribution in [0.15, 0.2) is 0 Å². The standard InChI is InChI=1S/C11H24N2O/c1-5-14-10-6-11(7-10,8-12)13(4)9(2)3/h9-10H,5-8,12H2,1-4H3. The first-order chi connectivity index (χ1) is 6.55. The van der Waals surface area contributed by atoms with Crippen LogP contribution < -0.4 is 5.73 Å². The van der Waals surface area contributed by atoms with E-state index < -0.39 is 0 Å². The first-order valence-corrected chi connectivity index (χ1v) is 5.60. The zero-order valence-electron chi connectivity index (χ0n) is 9.92. The van der Waals surface area contributed by atoms with E-state index in [9.17, 15) is 0 Å². The third-order valence-electron chi connectivity index (χ3n) is 3.52. The number of nitrogens with zero attached hydrogens (tertiary/aromatic N) is 1. The molecule has 0 amide bonds. The zero-order chi connectivity index (χ0) is 10.8. The summed E-state index contributed by atoms with van der Waals surface area (Å²) in [6, 6.07) is 0.557. The van der Waals surface area contributed by atoms with E-state index in [0.29, 0.717) is 12.1 Å². The van der Waals surface area contributed by atoms with Crippen molar-refractivity contribution < 1.29 is 4.74 Å². The molecule has 0 aromatic heterocycles. The molecule has 3 nitrogen and oxygen atoms in total. The smallest absolute Gasteiger partial charge is 0.0611 e. The molecule has 84 valence electrons. The van der Waals surface area contributed by atoms with Gasteiger partial charge in [0.2, 0.25) is 0 Å². The summed E-state index contributed by atoms with van der Waals surface area (Å²) in [5, 5.41) is 0. The minimum absolute atomic E-state index is 0.202. The van der Waals surface area contributed by atoms with Crippen molar-refractivity contribution in [2.45, 2.75) is 51.3 Å². The van der Waals surface area contributed by atoms with E-state index in [1.807, 2.05) is 0 Å². The maximum Gasteiger partial charge on any atom is 0.0611 e. The van der Waals surface area contributed by atoms with Crippen LogP contribution in [0.3, 0.4) is 0 Å². The van der Waals surface area contributed by atoms with E-state index in [-0.39, 0.29) is 5.54 Å². The largest absolute Gasteiger partial charge is 0.378 e. The van der Waals surface area contributed by atoms with Crippen molar-refractivity contribution in [1.29, 1.82) is 0 Å². The summed E-state index contributed by atoms with van der Waals surface area (Å²) in [5.41, 5.74) is 6.07. The molecule has 2 N–H and O–H groups in total. The van der Waals surface area contributed by atoms with Crippen molar-refractivity contribution in [1.82, 2.24) is 4.90 Å². The van der Waals surface area contributed by atoms with E-state index in [1.54, 1.807) is 0 Å². The topological polar surface area (TPSA) is 38.5 Å². The summed E-state index contributed by atoms with van der Waals surface area (Å²) >= 11 is 0. The summed E-state index contributed by atoms with van der Waals surface area (Å²) in [4.78, 5) is 2.39. The molecule has 1 saturated carbocycles. The van der Waals surface area contributed by atoms with Crippen LogP contribution in [0.1, 0.15) is 33.6 Å². The van der Waals surface area contributed by atoms with Crippen LogP contribution in [0.4, 0.5) is 0 Å². The fourth-order valence-corrected chi connectivity index (χ4v) is 2.29. The van der Waals surface area contributed by atoms with Crippen molar-refractivity contribution >= 4 is 0 Å². The number of likely N-dealkylation sites (N-methyl/N-ethyl adjacent to an activating group) is 1. The lowest BCUT2D eigenvalue weighted by atomic mass is 9.72. The van der Waals surface area contributed by atoms with Crippen LogP contribution in [0.2, 0.25) is 0 Å². The van der Waals surface area contributed by atoms with Crippen LogP contribution in [0.25, 0.3) is 0 Å². The molecule has 3 heteroatoms. The Hall–Kier alpha value is -0.120. The van der Waals surface area contributed by atoms with Crippen molar-refractivity contribution in [2.24, 2.45) is 5.73 Å². The molecule has 0 bridgehead atoms. The highest BCUT2D eigenvalue weighted by Crippen LogP contribution is 2.39. The Bertz CT molecular complexity index is 176. The van der Waals surface area contributed by atoms with Gasteiger partial charge in [0.05, 0.1) is 6.10 Å². The second kappa shape index (κ2) is 4.60. The quantitative estimate of drug-likeness (QED) is 0.725. The molecule has 1 aliphatic rings. The summed E-state index contributed by atoms with van der Waals surface area (Å²) in [7, 11) is 2.17. The normalized spacial score (nSPS) is 32.4. The molecule has 14 heavy (non-hydrogen) atoms. The molecule has 1 fully saturated rings. The van der Waals surface area contributed by atoms with Gasteiger partial charge in [-0.2, -0.15) is 0 Å². The Balaban J connectivity index is 2.48. The molecular weight excluding hydrogens is 176 g/mol. The van der Waals surface area contributed by atoms with E-state index in [2.05, 4.69) is 32.7 Å². The highest BCUT2D eigenvalue weighted by Gasteiger charge is 2.47. The first-order valence-electron chi connectivity index (χ1n) is 5.60. The molecule has 1 rings (SSSR count). The molecule has 0 saturated heterocycles. The predicted molar refractivity (Wildman–Crippen MR) is 59.3 cm³/mol. The Morgan fingerprint density at radius 2 is 2.07 bits per heavy atom. The Morgan fingerprint density at radius 1 is 1.50 bits per heavy atom. The highest BCUT2D eigenvalue weighted by molar-refractivity contribution is 5.04.